The molecule has 3 amide bonds. The minimum atomic E-state index is -1.50. The maximum absolute atomic E-state index is 15.1. The number of aliphatic hydroxyl groups is 1. The van der Waals surface area contributed by atoms with Crippen molar-refractivity contribution in [3.8, 4) is 0 Å². The molecule has 11 heteroatoms. The van der Waals surface area contributed by atoms with Crippen molar-refractivity contribution >= 4 is 41.0 Å². The van der Waals surface area contributed by atoms with E-state index in [-0.39, 0.29) is 25.3 Å². The summed E-state index contributed by atoms with van der Waals surface area (Å²) in [6.07, 6.45) is 6.29. The molecule has 2 N–H and O–H groups in total. The van der Waals surface area contributed by atoms with Crippen LogP contribution in [0.5, 0.6) is 0 Å². The van der Waals surface area contributed by atoms with Crippen LogP contribution in [0.3, 0.4) is 0 Å². The number of nitrogens with one attached hydrogen (secondary N) is 1. The van der Waals surface area contributed by atoms with Gasteiger partial charge in [0.2, 0.25) is 11.8 Å². The molecular formula is C40H40ClN3O7. The van der Waals surface area contributed by atoms with Crippen LogP contribution in [0.1, 0.15) is 37.0 Å². The molecule has 0 unspecified atom stereocenters. The number of benzene rings is 3. The van der Waals surface area contributed by atoms with Crippen molar-refractivity contribution in [2.24, 2.45) is 11.8 Å². The van der Waals surface area contributed by atoms with Crippen molar-refractivity contribution < 1.29 is 33.8 Å². The molecule has 4 aliphatic rings. The first kappa shape index (κ1) is 34.7. The van der Waals surface area contributed by atoms with Gasteiger partial charge in [-0.15, -0.1) is 0 Å². The number of carbonyl (C=O) groups excluding carboxylic acids is 4. The molecule has 264 valence electrons. The van der Waals surface area contributed by atoms with Crippen molar-refractivity contribution in [3.05, 3.63) is 125 Å². The molecule has 4 heterocycles. The predicted molar refractivity (Wildman–Crippen MR) is 190 cm³/mol. The summed E-state index contributed by atoms with van der Waals surface area (Å²) in [6.45, 7) is 1.47. The van der Waals surface area contributed by atoms with Gasteiger partial charge in [-0.05, 0) is 55.2 Å². The molecule has 0 saturated carbocycles. The van der Waals surface area contributed by atoms with Crippen LogP contribution in [-0.4, -0.2) is 76.7 Å². The Morgan fingerprint density at radius 3 is 2.35 bits per heavy atom. The number of hydrogen-bond donors (Lipinski definition) is 2. The first-order valence-electron chi connectivity index (χ1n) is 17.3. The molecule has 7 rings (SSSR count). The molecule has 0 aliphatic carbocycles. The molecule has 3 aromatic rings. The van der Waals surface area contributed by atoms with Crippen LogP contribution in [0.4, 0.5) is 5.69 Å². The summed E-state index contributed by atoms with van der Waals surface area (Å²) in [5, 5.41) is 14.3. The van der Waals surface area contributed by atoms with E-state index in [2.05, 4.69) is 5.32 Å². The van der Waals surface area contributed by atoms with Gasteiger partial charge in [0, 0.05) is 23.7 Å². The number of ether oxygens (including phenoxy) is 2. The molecule has 0 radical (unpaired) electrons. The van der Waals surface area contributed by atoms with Crippen LogP contribution in [0.25, 0.3) is 0 Å². The van der Waals surface area contributed by atoms with E-state index in [4.69, 9.17) is 21.1 Å². The Bertz CT molecular complexity index is 1840. The van der Waals surface area contributed by atoms with Crippen LogP contribution in [0.15, 0.2) is 109 Å². The SMILES string of the molecule is C[C@H]1NC(=O)CC/C=C\CN(c2ccc(Cl)cc2)C(=O)[C@@H]2N([C@@H](CO)Cc3ccccc3)C(=O)[C@H]3[C@H](C(=O)O[C@@H]1c1ccccc1)[C@@H]1C=C[C@]23O1. The number of esters is 1. The molecule has 4 aliphatic heterocycles. The Balaban J connectivity index is 1.35. The fourth-order valence-electron chi connectivity index (χ4n) is 8.00. The van der Waals surface area contributed by atoms with Crippen molar-refractivity contribution in [2.45, 2.75) is 62.1 Å². The van der Waals surface area contributed by atoms with Crippen LogP contribution < -0.4 is 10.2 Å². The Kier molecular flexibility index (Phi) is 9.83. The number of allylic oxidation sites excluding steroid dienone is 1. The smallest absolute Gasteiger partial charge is 0.313 e. The molecule has 10 nitrogen and oxygen atoms in total. The quantitative estimate of drug-likeness (QED) is 0.284. The van der Waals surface area contributed by atoms with Gasteiger partial charge in [0.1, 0.15) is 23.7 Å². The summed E-state index contributed by atoms with van der Waals surface area (Å²) >= 11 is 6.23. The highest BCUT2D eigenvalue weighted by atomic mass is 35.5. The number of halogens is 1. The summed E-state index contributed by atoms with van der Waals surface area (Å²) in [5.74, 6) is -3.98. The van der Waals surface area contributed by atoms with Gasteiger partial charge in [0.15, 0.2) is 0 Å². The Morgan fingerprint density at radius 2 is 1.65 bits per heavy atom. The highest BCUT2D eigenvalue weighted by Gasteiger charge is 2.74. The fraction of sp³-hybridized carbons (Fsp3) is 0.350. The van der Waals surface area contributed by atoms with E-state index in [0.29, 0.717) is 22.7 Å². The zero-order valence-electron chi connectivity index (χ0n) is 28.1. The number of amides is 3. The molecule has 0 aromatic heterocycles. The number of anilines is 1. The minimum Gasteiger partial charge on any atom is -0.455 e. The van der Waals surface area contributed by atoms with E-state index < -0.39 is 72.2 Å². The summed E-state index contributed by atoms with van der Waals surface area (Å²) in [5.41, 5.74) is 0.583. The number of rotatable bonds is 6. The van der Waals surface area contributed by atoms with Crippen LogP contribution >= 0.6 is 11.6 Å². The number of nitrogens with zero attached hydrogens (tertiary/aromatic N) is 2. The van der Waals surface area contributed by atoms with Gasteiger partial charge in [-0.25, -0.2) is 0 Å². The van der Waals surface area contributed by atoms with Crippen LogP contribution in [0.2, 0.25) is 5.02 Å². The van der Waals surface area contributed by atoms with Crippen LogP contribution in [-0.2, 0) is 35.1 Å². The molecule has 3 aromatic carbocycles. The number of aliphatic hydroxyl groups excluding tert-OH is 1. The number of hydrogen-bond acceptors (Lipinski definition) is 7. The van der Waals surface area contributed by atoms with Gasteiger partial charge in [-0.2, -0.15) is 0 Å². The van der Waals surface area contributed by atoms with Gasteiger partial charge in [-0.3, -0.25) is 19.2 Å². The molecule has 51 heavy (non-hydrogen) atoms. The number of likely N-dealkylation sites (tertiary alicyclic amines) is 1. The molecule has 2 saturated heterocycles. The minimum absolute atomic E-state index is 0.120. The van der Waals surface area contributed by atoms with Gasteiger partial charge in [0.05, 0.1) is 30.7 Å². The van der Waals surface area contributed by atoms with E-state index in [9.17, 15) is 19.5 Å². The lowest BCUT2D eigenvalue weighted by Crippen LogP contribution is -2.59. The lowest BCUT2D eigenvalue weighted by Gasteiger charge is -2.39. The Morgan fingerprint density at radius 1 is 0.941 bits per heavy atom. The zero-order valence-corrected chi connectivity index (χ0v) is 28.9. The summed E-state index contributed by atoms with van der Waals surface area (Å²) in [4.78, 5) is 60.5. The van der Waals surface area contributed by atoms with Crippen molar-refractivity contribution in [1.29, 1.82) is 0 Å². The van der Waals surface area contributed by atoms with Gasteiger partial charge >= 0.3 is 5.97 Å². The molecular weight excluding hydrogens is 670 g/mol. The van der Waals surface area contributed by atoms with E-state index in [1.54, 1.807) is 48.2 Å². The third-order valence-electron chi connectivity index (χ3n) is 10.3. The van der Waals surface area contributed by atoms with E-state index >= 15 is 4.79 Å². The lowest BCUT2D eigenvalue weighted by molar-refractivity contribution is -0.161. The number of cyclic esters (lactones) is 1. The van der Waals surface area contributed by atoms with Crippen molar-refractivity contribution in [1.82, 2.24) is 10.2 Å². The maximum Gasteiger partial charge on any atom is 0.313 e. The monoisotopic (exact) mass is 709 g/mol. The van der Waals surface area contributed by atoms with Crippen molar-refractivity contribution in [2.75, 3.05) is 18.1 Å². The largest absolute Gasteiger partial charge is 0.455 e. The van der Waals surface area contributed by atoms with Gasteiger partial charge in [-0.1, -0.05) is 96.6 Å². The second-order valence-corrected chi connectivity index (χ2v) is 14.0. The number of carbonyl (C=O) groups is 4. The normalized spacial score (nSPS) is 30.6. The molecule has 5 bridgehead atoms. The molecule has 1 spiro atoms. The zero-order chi connectivity index (χ0) is 35.7. The van der Waals surface area contributed by atoms with E-state index in [1.165, 1.54) is 4.90 Å². The van der Waals surface area contributed by atoms with Crippen LogP contribution in [0, 0.1) is 11.8 Å². The number of fused-ring (bicyclic) bond motifs is 2. The predicted octanol–water partition coefficient (Wildman–Crippen LogP) is 4.57. The highest BCUT2D eigenvalue weighted by Crippen LogP contribution is 2.56. The van der Waals surface area contributed by atoms with Crippen molar-refractivity contribution in [3.63, 3.8) is 0 Å². The second kappa shape index (κ2) is 14.5. The average molecular weight is 710 g/mol. The summed E-state index contributed by atoms with van der Waals surface area (Å²) in [6, 6.07) is 22.8. The van der Waals surface area contributed by atoms with E-state index in [1.807, 2.05) is 72.8 Å². The molecule has 8 atom stereocenters. The molecule has 2 fully saturated rings. The lowest BCUT2D eigenvalue weighted by atomic mass is 9.74. The Labute approximate surface area is 301 Å². The van der Waals surface area contributed by atoms with E-state index in [0.717, 1.165) is 5.56 Å². The van der Waals surface area contributed by atoms with Gasteiger partial charge in [0.25, 0.3) is 5.91 Å². The highest BCUT2D eigenvalue weighted by molar-refractivity contribution is 6.30. The standard InChI is InChI=1S/C40H40ClN3O7/c1-25-35(27-13-7-3-8-14-27)50-39(49)33-31-20-21-40(51-31)34(33)37(47)44(30(24-45)23-26-11-5-2-6-12-26)36(40)38(48)43(29-18-16-28(41)17-19-29)22-10-4-9-15-32(46)42-25/h2-8,10-14,16-21,25,30-31,33-36,45H,9,15,22-24H2,1H3,(H,42,46)/b10-4-/t25-,30-,31+,33-,34-,35+,36+,40-/m1/s1. The van der Waals surface area contributed by atoms with Gasteiger partial charge < -0.3 is 29.7 Å². The topological polar surface area (TPSA) is 125 Å². The fourth-order valence-corrected chi connectivity index (χ4v) is 8.12. The average Bonchev–Trinajstić information content (AvgIpc) is 3.79. The first-order chi connectivity index (χ1) is 24.7. The first-order valence-corrected chi connectivity index (χ1v) is 17.7. The summed E-state index contributed by atoms with van der Waals surface area (Å²) < 4.78 is 12.9. The maximum atomic E-state index is 15.1. The summed E-state index contributed by atoms with van der Waals surface area (Å²) in [7, 11) is 0. The third-order valence-corrected chi connectivity index (χ3v) is 10.6. The third kappa shape index (κ3) is 6.48. The Hall–Kier alpha value is -4.77. The second-order valence-electron chi connectivity index (χ2n) is 13.5.